The molecule has 6 nitrogen and oxygen atoms in total. The van der Waals surface area contributed by atoms with Crippen molar-refractivity contribution in [2.45, 2.75) is 53.0 Å². The van der Waals surface area contributed by atoms with Gasteiger partial charge in [-0.25, -0.2) is 4.98 Å². The van der Waals surface area contributed by atoms with Crippen LogP contribution < -0.4 is 10.9 Å². The Bertz CT molecular complexity index is 1190. The van der Waals surface area contributed by atoms with Crippen LogP contribution in [0.1, 0.15) is 58.4 Å². The molecule has 1 N–H and O–H groups in total. The van der Waals surface area contributed by atoms with E-state index in [2.05, 4.69) is 22.1 Å². The monoisotopic (exact) mass is 446 g/mol. The third-order valence-corrected chi connectivity index (χ3v) is 6.69. The lowest BCUT2D eigenvalue weighted by Crippen LogP contribution is -2.35. The van der Waals surface area contributed by atoms with Crippen LogP contribution >= 0.6 is 0 Å². The highest BCUT2D eigenvalue weighted by molar-refractivity contribution is 5.94. The smallest absolute Gasteiger partial charge is 0.272 e. The molecular weight excluding hydrogens is 412 g/mol. The van der Waals surface area contributed by atoms with Crippen LogP contribution in [-0.4, -0.2) is 46.5 Å². The molecular formula is C27H34N4O2. The van der Waals surface area contributed by atoms with Crippen LogP contribution in [0.25, 0.3) is 11.0 Å². The molecule has 1 aliphatic heterocycles. The van der Waals surface area contributed by atoms with Gasteiger partial charge in [-0.1, -0.05) is 25.0 Å². The fourth-order valence-corrected chi connectivity index (χ4v) is 4.52. The Balaban J connectivity index is 1.44. The van der Waals surface area contributed by atoms with Gasteiger partial charge < -0.3 is 14.8 Å². The number of rotatable bonds is 6. The molecule has 0 saturated carbocycles. The predicted molar refractivity (Wildman–Crippen MR) is 133 cm³/mol. The average Bonchev–Trinajstić information content (AvgIpc) is 3.08. The van der Waals surface area contributed by atoms with E-state index >= 15 is 0 Å². The number of likely N-dealkylation sites (tertiary alicyclic amines) is 1. The molecule has 2 heterocycles. The van der Waals surface area contributed by atoms with Gasteiger partial charge >= 0.3 is 0 Å². The van der Waals surface area contributed by atoms with E-state index in [4.69, 9.17) is 0 Å². The average molecular weight is 447 g/mol. The summed E-state index contributed by atoms with van der Waals surface area (Å²) in [5.41, 5.74) is 5.98. The Morgan fingerprint density at radius 3 is 2.33 bits per heavy atom. The molecule has 1 amide bonds. The Kier molecular flexibility index (Phi) is 7.23. The fourth-order valence-electron chi connectivity index (χ4n) is 4.52. The maximum absolute atomic E-state index is 12.9. The number of hydrogen-bond donors (Lipinski definition) is 1. The number of aromatic nitrogens is 2. The first-order valence-electron chi connectivity index (χ1n) is 12.0. The molecule has 0 unspecified atom stereocenters. The number of aryl methyl sites for hydroxylation is 3. The van der Waals surface area contributed by atoms with Crippen molar-refractivity contribution in [3.05, 3.63) is 74.7 Å². The van der Waals surface area contributed by atoms with Crippen molar-refractivity contribution in [2.75, 3.05) is 26.2 Å². The van der Waals surface area contributed by atoms with Gasteiger partial charge in [-0.3, -0.25) is 9.59 Å². The molecule has 0 spiro atoms. The lowest BCUT2D eigenvalue weighted by Gasteiger charge is -2.19. The van der Waals surface area contributed by atoms with E-state index in [1.807, 2.05) is 43.3 Å². The van der Waals surface area contributed by atoms with Crippen LogP contribution in [0, 0.1) is 20.8 Å². The minimum atomic E-state index is -0.0823. The summed E-state index contributed by atoms with van der Waals surface area (Å²) in [5, 5.41) is 3.04. The first-order valence-corrected chi connectivity index (χ1v) is 12.0. The highest BCUT2D eigenvalue weighted by Crippen LogP contribution is 2.18. The van der Waals surface area contributed by atoms with Gasteiger partial charge in [0.05, 0.1) is 17.6 Å². The van der Waals surface area contributed by atoms with E-state index in [-0.39, 0.29) is 11.5 Å². The second-order valence-electron chi connectivity index (χ2n) is 9.22. The molecule has 33 heavy (non-hydrogen) atoms. The van der Waals surface area contributed by atoms with Gasteiger partial charge in [-0.2, -0.15) is 0 Å². The number of nitrogens with zero attached hydrogens (tertiary/aromatic N) is 3. The first kappa shape index (κ1) is 23.2. The van der Waals surface area contributed by atoms with Gasteiger partial charge in [0.25, 0.3) is 11.5 Å². The van der Waals surface area contributed by atoms with Crippen molar-refractivity contribution in [2.24, 2.45) is 0 Å². The summed E-state index contributed by atoms with van der Waals surface area (Å²) in [6, 6.07) is 11.6. The number of amides is 1. The van der Waals surface area contributed by atoms with Crippen LogP contribution in [-0.2, 0) is 6.54 Å². The maximum Gasteiger partial charge on any atom is 0.272 e. The minimum absolute atomic E-state index is 0.0511. The molecule has 0 atom stereocenters. The zero-order valence-corrected chi connectivity index (χ0v) is 20.0. The SMILES string of the molecule is Cc1cc2nc(C)c(=O)n(Cc3ccc(C(=O)NCCN4CCCCCC4)cc3)c2cc1C. The maximum atomic E-state index is 12.9. The summed E-state index contributed by atoms with van der Waals surface area (Å²) in [5.74, 6) is -0.0511. The van der Waals surface area contributed by atoms with E-state index in [9.17, 15) is 9.59 Å². The van der Waals surface area contributed by atoms with Gasteiger partial charge in [0, 0.05) is 18.7 Å². The minimum Gasteiger partial charge on any atom is -0.351 e. The summed E-state index contributed by atoms with van der Waals surface area (Å²) in [4.78, 5) is 32.4. The van der Waals surface area contributed by atoms with Crippen molar-refractivity contribution in [1.82, 2.24) is 19.8 Å². The zero-order chi connectivity index (χ0) is 23.4. The summed E-state index contributed by atoms with van der Waals surface area (Å²) < 4.78 is 1.78. The van der Waals surface area contributed by atoms with Crippen LogP contribution in [0.15, 0.2) is 41.2 Å². The predicted octanol–water partition coefficient (Wildman–Crippen LogP) is 3.98. The molecule has 0 bridgehead atoms. The normalized spacial score (nSPS) is 14.9. The number of nitrogens with one attached hydrogen (secondary N) is 1. The lowest BCUT2D eigenvalue weighted by atomic mass is 10.1. The van der Waals surface area contributed by atoms with Crippen LogP contribution in [0.5, 0.6) is 0 Å². The van der Waals surface area contributed by atoms with Crippen molar-refractivity contribution in [1.29, 1.82) is 0 Å². The number of carbonyl (C=O) groups excluding carboxylic acids is 1. The third-order valence-electron chi connectivity index (χ3n) is 6.69. The molecule has 1 saturated heterocycles. The van der Waals surface area contributed by atoms with E-state index in [0.29, 0.717) is 24.3 Å². The number of carbonyl (C=O) groups is 1. The molecule has 1 fully saturated rings. The van der Waals surface area contributed by atoms with Crippen LogP contribution in [0.4, 0.5) is 0 Å². The number of benzene rings is 2. The lowest BCUT2D eigenvalue weighted by molar-refractivity contribution is 0.0948. The standard InChI is InChI=1S/C27H34N4O2/c1-19-16-24-25(17-20(19)2)31(27(33)21(3)29-24)18-22-8-10-23(11-9-22)26(32)28-12-15-30-13-6-4-5-7-14-30/h8-11,16-17H,4-7,12-15,18H2,1-3H3,(H,28,32). The van der Waals surface area contributed by atoms with Gasteiger partial charge in [-0.05, 0) is 87.7 Å². The summed E-state index contributed by atoms with van der Waals surface area (Å²) in [7, 11) is 0. The molecule has 3 aromatic rings. The van der Waals surface area contributed by atoms with Crippen molar-refractivity contribution < 1.29 is 4.79 Å². The largest absolute Gasteiger partial charge is 0.351 e. The van der Waals surface area contributed by atoms with Crippen LogP contribution in [0.2, 0.25) is 0 Å². The molecule has 2 aromatic carbocycles. The highest BCUT2D eigenvalue weighted by atomic mass is 16.1. The quantitative estimate of drug-likeness (QED) is 0.622. The number of hydrogen-bond acceptors (Lipinski definition) is 4. The molecule has 6 heteroatoms. The molecule has 174 valence electrons. The van der Waals surface area contributed by atoms with E-state index in [1.165, 1.54) is 25.7 Å². The molecule has 0 aliphatic carbocycles. The summed E-state index contributed by atoms with van der Waals surface area (Å²) >= 11 is 0. The van der Waals surface area contributed by atoms with E-state index in [1.54, 1.807) is 11.5 Å². The topological polar surface area (TPSA) is 67.2 Å². The first-order chi connectivity index (χ1) is 15.9. The van der Waals surface area contributed by atoms with Crippen molar-refractivity contribution in [3.63, 3.8) is 0 Å². The van der Waals surface area contributed by atoms with E-state index in [0.717, 1.165) is 47.4 Å². The Hall–Kier alpha value is -2.99. The Morgan fingerprint density at radius 1 is 0.970 bits per heavy atom. The van der Waals surface area contributed by atoms with Crippen LogP contribution in [0.3, 0.4) is 0 Å². The number of fused-ring (bicyclic) bond motifs is 1. The summed E-state index contributed by atoms with van der Waals surface area (Å²) in [6.07, 6.45) is 5.14. The third kappa shape index (κ3) is 5.50. The zero-order valence-electron chi connectivity index (χ0n) is 20.0. The Morgan fingerprint density at radius 2 is 1.64 bits per heavy atom. The molecule has 4 rings (SSSR count). The van der Waals surface area contributed by atoms with Crippen molar-refractivity contribution >= 4 is 16.9 Å². The fraction of sp³-hybridized carbons (Fsp3) is 0.444. The molecule has 1 aliphatic rings. The van der Waals surface area contributed by atoms with Crippen molar-refractivity contribution in [3.8, 4) is 0 Å². The second kappa shape index (κ2) is 10.3. The Labute approximate surface area is 195 Å². The van der Waals surface area contributed by atoms with Gasteiger partial charge in [0.1, 0.15) is 5.69 Å². The highest BCUT2D eigenvalue weighted by Gasteiger charge is 2.12. The molecule has 0 radical (unpaired) electrons. The second-order valence-corrected chi connectivity index (χ2v) is 9.22. The van der Waals surface area contributed by atoms with Gasteiger partial charge in [0.2, 0.25) is 0 Å². The van der Waals surface area contributed by atoms with E-state index < -0.39 is 0 Å². The van der Waals surface area contributed by atoms with Gasteiger partial charge in [0.15, 0.2) is 0 Å². The molecule has 1 aromatic heterocycles. The van der Waals surface area contributed by atoms with Gasteiger partial charge in [-0.15, -0.1) is 0 Å². The summed E-state index contributed by atoms with van der Waals surface area (Å²) in [6.45, 7) is 10.1.